The quantitative estimate of drug-likeness (QED) is 0.797. The van der Waals surface area contributed by atoms with Crippen LogP contribution in [0, 0.1) is 17.8 Å². The molecule has 0 aromatic heterocycles. The second-order valence-corrected chi connectivity index (χ2v) is 7.84. The van der Waals surface area contributed by atoms with Crippen molar-refractivity contribution in [3.8, 4) is 0 Å². The lowest BCUT2D eigenvalue weighted by Crippen LogP contribution is -2.31. The van der Waals surface area contributed by atoms with Gasteiger partial charge in [0, 0.05) is 5.75 Å². The van der Waals surface area contributed by atoms with Crippen LogP contribution in [0.25, 0.3) is 0 Å². The monoisotopic (exact) mass is 261 g/mol. The van der Waals surface area contributed by atoms with E-state index in [4.69, 9.17) is 5.73 Å². The lowest BCUT2D eigenvalue weighted by atomic mass is 9.72. The van der Waals surface area contributed by atoms with Crippen LogP contribution in [0.4, 0.5) is 0 Å². The molecule has 3 atom stereocenters. The largest absolute Gasteiger partial charge is 0.330 e. The van der Waals surface area contributed by atoms with Crippen LogP contribution in [0.15, 0.2) is 0 Å². The van der Waals surface area contributed by atoms with Gasteiger partial charge in [0.15, 0.2) is 0 Å². The van der Waals surface area contributed by atoms with E-state index < -0.39 is 9.84 Å². The fraction of sp³-hybridized carbons (Fsp3) is 1.00. The first-order valence-electron chi connectivity index (χ1n) is 6.92. The Morgan fingerprint density at radius 3 is 2.41 bits per heavy atom. The smallest absolute Gasteiger partial charge is 0.150 e. The second-order valence-electron chi connectivity index (χ2n) is 5.37. The lowest BCUT2D eigenvalue weighted by molar-refractivity contribution is 0.176. The Balaban J connectivity index is 2.52. The fourth-order valence-corrected chi connectivity index (χ4v) is 3.88. The van der Waals surface area contributed by atoms with E-state index in [2.05, 4.69) is 6.92 Å². The van der Waals surface area contributed by atoms with Gasteiger partial charge < -0.3 is 5.73 Å². The Morgan fingerprint density at radius 2 is 1.88 bits per heavy atom. The predicted molar refractivity (Wildman–Crippen MR) is 72.6 cm³/mol. The normalized spacial score (nSPS) is 30.4. The van der Waals surface area contributed by atoms with Crippen LogP contribution in [0.1, 0.15) is 46.0 Å². The molecule has 1 aliphatic carbocycles. The summed E-state index contributed by atoms with van der Waals surface area (Å²) in [5.41, 5.74) is 5.80. The van der Waals surface area contributed by atoms with E-state index in [-0.39, 0.29) is 5.75 Å². The van der Waals surface area contributed by atoms with Crippen molar-refractivity contribution in [2.45, 2.75) is 46.0 Å². The molecule has 1 rings (SSSR count). The lowest BCUT2D eigenvalue weighted by Gasteiger charge is -2.35. The molecule has 0 radical (unpaired) electrons. The molecule has 0 aliphatic heterocycles. The highest BCUT2D eigenvalue weighted by molar-refractivity contribution is 7.91. The third-order valence-electron chi connectivity index (χ3n) is 4.37. The van der Waals surface area contributed by atoms with Crippen molar-refractivity contribution in [2.75, 3.05) is 18.1 Å². The molecule has 1 saturated carbocycles. The Bertz CT molecular complexity index is 313. The molecule has 0 aromatic carbocycles. The molecule has 17 heavy (non-hydrogen) atoms. The first kappa shape index (κ1) is 15.0. The zero-order chi connectivity index (χ0) is 12.9. The number of rotatable bonds is 6. The van der Waals surface area contributed by atoms with Crippen LogP contribution in [0.2, 0.25) is 0 Å². The van der Waals surface area contributed by atoms with Gasteiger partial charge >= 0.3 is 0 Å². The highest BCUT2D eigenvalue weighted by Crippen LogP contribution is 2.37. The summed E-state index contributed by atoms with van der Waals surface area (Å²) in [6.07, 6.45) is 5.67. The third kappa shape index (κ3) is 4.59. The van der Waals surface area contributed by atoms with E-state index in [1.165, 1.54) is 25.7 Å². The van der Waals surface area contributed by atoms with Crippen LogP contribution < -0.4 is 5.73 Å². The van der Waals surface area contributed by atoms with Gasteiger partial charge in [-0.15, -0.1) is 0 Å². The maximum atomic E-state index is 11.6. The van der Waals surface area contributed by atoms with Gasteiger partial charge in [-0.2, -0.15) is 0 Å². The summed E-state index contributed by atoms with van der Waals surface area (Å²) in [5, 5.41) is 0. The molecular formula is C13H27NO2S. The molecule has 0 aromatic rings. The Labute approximate surface area is 106 Å². The highest BCUT2D eigenvalue weighted by Gasteiger charge is 2.29. The van der Waals surface area contributed by atoms with E-state index >= 15 is 0 Å². The molecular weight excluding hydrogens is 234 g/mol. The molecule has 0 heterocycles. The van der Waals surface area contributed by atoms with Crippen molar-refractivity contribution in [3.63, 3.8) is 0 Å². The molecule has 0 bridgehead atoms. The van der Waals surface area contributed by atoms with Gasteiger partial charge in [0.1, 0.15) is 9.84 Å². The van der Waals surface area contributed by atoms with E-state index in [0.29, 0.717) is 24.1 Å². The average Bonchev–Trinajstić information content (AvgIpc) is 2.36. The van der Waals surface area contributed by atoms with Gasteiger partial charge in [-0.3, -0.25) is 0 Å². The van der Waals surface area contributed by atoms with Crippen LogP contribution in [-0.2, 0) is 9.84 Å². The predicted octanol–water partition coefficient (Wildman–Crippen LogP) is 2.21. The third-order valence-corrected chi connectivity index (χ3v) is 6.11. The second kappa shape index (κ2) is 6.74. The molecule has 1 fully saturated rings. The van der Waals surface area contributed by atoms with Crippen molar-refractivity contribution in [2.24, 2.45) is 23.5 Å². The van der Waals surface area contributed by atoms with Gasteiger partial charge in [0.2, 0.25) is 0 Å². The van der Waals surface area contributed by atoms with E-state index in [1.54, 1.807) is 6.92 Å². The van der Waals surface area contributed by atoms with Crippen molar-refractivity contribution in [1.29, 1.82) is 0 Å². The summed E-state index contributed by atoms with van der Waals surface area (Å²) in [7, 11) is -2.82. The van der Waals surface area contributed by atoms with Gasteiger partial charge in [0.05, 0.1) is 5.75 Å². The van der Waals surface area contributed by atoms with Crippen LogP contribution >= 0.6 is 0 Å². The van der Waals surface area contributed by atoms with Crippen LogP contribution in [0.3, 0.4) is 0 Å². The molecule has 3 nitrogen and oxygen atoms in total. The van der Waals surface area contributed by atoms with E-state index in [9.17, 15) is 8.42 Å². The molecule has 0 amide bonds. The minimum absolute atomic E-state index is 0.268. The minimum Gasteiger partial charge on any atom is -0.330 e. The Morgan fingerprint density at radius 1 is 1.18 bits per heavy atom. The standard InChI is InChI=1S/C13H27NO2S/c1-3-11-5-6-13(10-14)12(9-11)7-8-17(15,16)4-2/h11-13H,3-10,14H2,1-2H3. The van der Waals surface area contributed by atoms with Gasteiger partial charge in [0.25, 0.3) is 0 Å². The van der Waals surface area contributed by atoms with Crippen LogP contribution in [-0.4, -0.2) is 26.5 Å². The summed E-state index contributed by atoms with van der Waals surface area (Å²) >= 11 is 0. The van der Waals surface area contributed by atoms with Crippen molar-refractivity contribution < 1.29 is 8.42 Å². The molecule has 3 unspecified atom stereocenters. The summed E-state index contributed by atoms with van der Waals surface area (Å²) < 4.78 is 23.1. The maximum absolute atomic E-state index is 11.6. The van der Waals surface area contributed by atoms with Gasteiger partial charge in [-0.05, 0) is 43.6 Å². The highest BCUT2D eigenvalue weighted by atomic mass is 32.2. The van der Waals surface area contributed by atoms with Gasteiger partial charge in [-0.1, -0.05) is 26.7 Å². The molecule has 0 saturated heterocycles. The molecule has 2 N–H and O–H groups in total. The zero-order valence-corrected chi connectivity index (χ0v) is 12.0. The van der Waals surface area contributed by atoms with Crippen molar-refractivity contribution in [1.82, 2.24) is 0 Å². The molecule has 0 spiro atoms. The van der Waals surface area contributed by atoms with E-state index in [1.807, 2.05) is 0 Å². The molecule has 102 valence electrons. The SMILES string of the molecule is CCC1CCC(CN)C(CCS(=O)(=O)CC)C1. The Hall–Kier alpha value is -0.0900. The van der Waals surface area contributed by atoms with Crippen molar-refractivity contribution in [3.05, 3.63) is 0 Å². The minimum atomic E-state index is -2.82. The van der Waals surface area contributed by atoms with E-state index in [0.717, 1.165) is 12.3 Å². The topological polar surface area (TPSA) is 60.2 Å². The van der Waals surface area contributed by atoms with Gasteiger partial charge in [-0.25, -0.2) is 8.42 Å². The summed E-state index contributed by atoms with van der Waals surface area (Å²) in [6, 6.07) is 0. The molecule has 4 heteroatoms. The number of hydrogen-bond acceptors (Lipinski definition) is 3. The summed E-state index contributed by atoms with van der Waals surface area (Å²) in [4.78, 5) is 0. The Kier molecular flexibility index (Phi) is 5.93. The first-order chi connectivity index (χ1) is 8.02. The fourth-order valence-electron chi connectivity index (χ4n) is 2.93. The van der Waals surface area contributed by atoms with Crippen molar-refractivity contribution >= 4 is 9.84 Å². The average molecular weight is 261 g/mol. The first-order valence-corrected chi connectivity index (χ1v) is 8.75. The summed E-state index contributed by atoms with van der Waals surface area (Å²) in [5.74, 6) is 2.47. The number of hydrogen-bond donors (Lipinski definition) is 1. The van der Waals surface area contributed by atoms with Crippen LogP contribution in [0.5, 0.6) is 0 Å². The molecule has 1 aliphatic rings. The maximum Gasteiger partial charge on any atom is 0.150 e. The zero-order valence-electron chi connectivity index (χ0n) is 11.2. The number of nitrogens with two attached hydrogens (primary N) is 1. The number of sulfone groups is 1. The summed E-state index contributed by atoms with van der Waals surface area (Å²) in [6.45, 7) is 4.67.